The van der Waals surface area contributed by atoms with Crippen LogP contribution in [0.2, 0.25) is 0 Å². The molecular weight excluding hydrogens is 409 g/mol. The molecule has 0 bridgehead atoms. The summed E-state index contributed by atoms with van der Waals surface area (Å²) in [5.74, 6) is 0. The van der Waals surface area contributed by atoms with E-state index in [9.17, 15) is 0 Å². The zero-order valence-corrected chi connectivity index (χ0v) is 11.1. The fraction of sp³-hybridized carbons (Fsp3) is 0. The Morgan fingerprint density at radius 2 is 1.00 bits per heavy atom. The molecule has 0 heterocycles. The second kappa shape index (κ2) is 31.0. The van der Waals surface area contributed by atoms with Crippen LogP contribution in [-0.2, 0) is 3.02 Å². The van der Waals surface area contributed by atoms with Gasteiger partial charge in [0.1, 0.15) is 0 Å². The van der Waals surface area contributed by atoms with Gasteiger partial charge in [-0.15, -0.1) is 0 Å². The number of hydrogen-bond donors (Lipinski definition) is 0. The quantitative estimate of drug-likeness (QED) is 0.439. The Bertz CT molecular complexity index is 7.61. The Balaban J connectivity index is -0.00000000167. The average Bonchev–Trinajstić information content (AvgIpc) is 1.00. The first-order valence-corrected chi connectivity index (χ1v) is 1.22. The first-order chi connectivity index (χ1) is 1.00. The Morgan fingerprint density at radius 1 is 1.00 bits per heavy atom. The van der Waals surface area contributed by atoms with Crippen LogP contribution in [0.25, 0.3) is 0 Å². The van der Waals surface area contributed by atoms with Gasteiger partial charge in [0, 0.05) is 60.3 Å². The van der Waals surface area contributed by atoms with Gasteiger partial charge in [0.05, 0.1) is 0 Å². The molecule has 0 unspecified atom stereocenters. The summed E-state index contributed by atoms with van der Waals surface area (Å²) >= 11 is 0.500. The molecule has 0 aromatic carbocycles. The van der Waals surface area contributed by atoms with Gasteiger partial charge in [-0.3, -0.25) is 0 Å². The van der Waals surface area contributed by atoms with Crippen LogP contribution in [0.1, 0.15) is 0 Å². The predicted octanol–water partition coefficient (Wildman–Crippen LogP) is -1.64. The van der Waals surface area contributed by atoms with Gasteiger partial charge in [0.2, 0.25) is 0 Å². The van der Waals surface area contributed by atoms with Crippen LogP contribution in [0.4, 0.5) is 0 Å². The maximum Gasteiger partial charge on any atom is 0 e. The molecule has 0 fully saturated rings. The molecule has 0 N–H and O–H groups in total. The molecule has 26 valence electrons. The second-order valence-electron chi connectivity index (χ2n) is 0. The summed E-state index contributed by atoms with van der Waals surface area (Å²) < 4.78 is 8.30. The van der Waals surface area contributed by atoms with Crippen LogP contribution in [0.15, 0.2) is 0 Å². The number of hydrogen-bond acceptors (Lipinski definition) is 1. The van der Waals surface area contributed by atoms with Crippen LogP contribution >= 0.6 is 0 Å². The molecule has 0 aromatic heterocycles. The summed E-state index contributed by atoms with van der Waals surface area (Å²) in [5, 5.41) is 0. The molecule has 5 heteroatoms. The van der Waals surface area contributed by atoms with Crippen LogP contribution in [-0.4, -0.2) is 83.3 Å². The summed E-state index contributed by atoms with van der Waals surface area (Å²) in [6.45, 7) is 0. The van der Waals surface area contributed by atoms with E-state index < -0.39 is 0 Å². The van der Waals surface area contributed by atoms with E-state index in [0.717, 1.165) is 0 Å². The van der Waals surface area contributed by atoms with E-state index in [4.69, 9.17) is 3.02 Å². The smallest absolute Gasteiger partial charge is 0 e. The molecule has 0 spiro atoms. The Labute approximate surface area is 85.0 Å². The summed E-state index contributed by atoms with van der Waals surface area (Å²) in [5.41, 5.74) is 0. The van der Waals surface area contributed by atoms with Crippen LogP contribution in [0, 0.1) is 0 Å². The first kappa shape index (κ1) is 25.7. The minimum absolute atomic E-state index is 0. The molecule has 0 atom stereocenters. The van der Waals surface area contributed by atoms with Gasteiger partial charge in [-0.1, -0.05) is 0 Å². The van der Waals surface area contributed by atoms with Crippen molar-refractivity contribution in [1.29, 1.82) is 0 Å². The normalized spacial score (nSPS) is 0.800. The van der Waals surface area contributed by atoms with Crippen molar-refractivity contribution in [3.63, 3.8) is 0 Å². The molecule has 0 saturated carbocycles. The van der Waals surface area contributed by atoms with Crippen molar-refractivity contribution in [3.8, 4) is 0 Å². The van der Waals surface area contributed by atoms with Gasteiger partial charge in [0.25, 0.3) is 0 Å². The monoisotopic (exact) mass is 408 g/mol. The summed E-state index contributed by atoms with van der Waals surface area (Å²) in [6.07, 6.45) is 0. The van der Waals surface area contributed by atoms with Crippen molar-refractivity contribution in [2.45, 2.75) is 0 Å². The zero-order chi connectivity index (χ0) is 2.00. The maximum atomic E-state index is 8.30. The first-order valence-electron chi connectivity index (χ1n) is 0.183. The average molecular weight is 409 g/mol. The molecule has 0 rings (SSSR count). The SMILES string of the molecule is [As].[As].[O]=[Sb].[Sb]. The van der Waals surface area contributed by atoms with E-state index in [0.29, 0.717) is 23.0 Å². The fourth-order valence-electron chi connectivity index (χ4n) is 0. The van der Waals surface area contributed by atoms with Crippen molar-refractivity contribution in [2.24, 2.45) is 0 Å². The molecule has 5 heavy (non-hydrogen) atoms. The molecular formula is As2OSb2. The third-order valence-electron chi connectivity index (χ3n) is 0. The van der Waals surface area contributed by atoms with E-state index in [2.05, 4.69) is 0 Å². The van der Waals surface area contributed by atoms with Crippen molar-refractivity contribution >= 4 is 83.3 Å². The largest absolute Gasteiger partial charge is 0 e. The van der Waals surface area contributed by atoms with Gasteiger partial charge < -0.3 is 0 Å². The van der Waals surface area contributed by atoms with Crippen molar-refractivity contribution in [3.05, 3.63) is 0 Å². The maximum absolute atomic E-state index is 8.30. The summed E-state index contributed by atoms with van der Waals surface area (Å²) in [4.78, 5) is 0. The van der Waals surface area contributed by atoms with Gasteiger partial charge in [0.15, 0.2) is 0 Å². The Morgan fingerprint density at radius 3 is 1.00 bits per heavy atom. The molecule has 0 aliphatic heterocycles. The van der Waals surface area contributed by atoms with E-state index in [-0.39, 0.29) is 60.3 Å². The van der Waals surface area contributed by atoms with Crippen molar-refractivity contribution < 1.29 is 3.02 Å². The van der Waals surface area contributed by atoms with E-state index >= 15 is 0 Å². The third kappa shape index (κ3) is 20.8. The third-order valence-corrected chi connectivity index (χ3v) is 0. The second-order valence-corrected chi connectivity index (χ2v) is 0. The fourth-order valence-corrected chi connectivity index (χ4v) is 0. The minimum atomic E-state index is 0. The van der Waals surface area contributed by atoms with Gasteiger partial charge in [-0.05, 0) is 0 Å². The van der Waals surface area contributed by atoms with Crippen molar-refractivity contribution in [1.82, 2.24) is 0 Å². The van der Waals surface area contributed by atoms with E-state index in [1.807, 2.05) is 0 Å². The molecule has 1 nitrogen and oxygen atoms in total. The molecule has 0 amide bonds. The molecule has 0 saturated heterocycles. The molecule has 0 aromatic rings. The standard InChI is InChI=1S/2As.O.2Sb. The summed E-state index contributed by atoms with van der Waals surface area (Å²) in [6, 6.07) is 0. The van der Waals surface area contributed by atoms with Crippen LogP contribution in [0.5, 0.6) is 0 Å². The van der Waals surface area contributed by atoms with Crippen molar-refractivity contribution in [2.75, 3.05) is 0 Å². The topological polar surface area (TPSA) is 17.1 Å². The van der Waals surface area contributed by atoms with E-state index in [1.165, 1.54) is 0 Å². The molecule has 0 aliphatic carbocycles. The van der Waals surface area contributed by atoms with E-state index in [1.54, 1.807) is 0 Å². The van der Waals surface area contributed by atoms with Gasteiger partial charge in [-0.25, -0.2) is 0 Å². The zero-order valence-electron chi connectivity index (χ0n) is 2.20. The summed E-state index contributed by atoms with van der Waals surface area (Å²) in [7, 11) is 0. The Hall–Kier alpha value is 2.55. The van der Waals surface area contributed by atoms with Gasteiger partial charge >= 0.3 is 26.0 Å². The van der Waals surface area contributed by atoms with Gasteiger partial charge in [-0.2, -0.15) is 0 Å². The molecule has 0 aliphatic rings. The predicted molar refractivity (Wildman–Crippen MR) is 23.7 cm³/mol. The number of rotatable bonds is 0. The Kier molecular flexibility index (Phi) is 159. The van der Waals surface area contributed by atoms with Crippen LogP contribution in [0.3, 0.4) is 0 Å². The van der Waals surface area contributed by atoms with Crippen LogP contribution < -0.4 is 0 Å². The minimum Gasteiger partial charge on any atom is 0 e. The molecule has 10 radical (unpaired) electrons.